The van der Waals surface area contributed by atoms with Crippen molar-refractivity contribution in [2.45, 2.75) is 52.5 Å². The Balaban J connectivity index is 2.76. The third kappa shape index (κ3) is 3.80. The largest absolute Gasteiger partial charge is 0.347 e. The number of aromatic amines is 1. The molecule has 1 unspecified atom stereocenters. The lowest BCUT2D eigenvalue weighted by Gasteiger charge is -2.31. The Labute approximate surface area is 115 Å². The zero-order valence-corrected chi connectivity index (χ0v) is 12.2. The van der Waals surface area contributed by atoms with Gasteiger partial charge in [0.2, 0.25) is 5.91 Å². The fraction of sp³-hybridized carbons (Fsp3) is 0.714. The quantitative estimate of drug-likeness (QED) is 0.674. The normalized spacial score (nSPS) is 13.3. The number of carbonyl (C=O) groups is 1. The highest BCUT2D eigenvalue weighted by molar-refractivity contribution is 5.83. The molecule has 1 heterocycles. The molecule has 0 aromatic carbocycles. The molecule has 0 aliphatic carbocycles. The standard InChI is InChI=1S/C14H26N4O/c1-4-6-14(10-15,7-5-2)13(19)18-11(3)12-16-8-9-17-12/h8-9,11H,4-7,10,15H2,1-3H3,(H,16,17)(H,18,19). The lowest BCUT2D eigenvalue weighted by Crippen LogP contribution is -2.46. The van der Waals surface area contributed by atoms with Crippen molar-refractivity contribution in [3.05, 3.63) is 18.2 Å². The van der Waals surface area contributed by atoms with Crippen LogP contribution < -0.4 is 11.1 Å². The predicted octanol–water partition coefficient (Wildman–Crippen LogP) is 2.13. The number of nitrogens with zero attached hydrogens (tertiary/aromatic N) is 1. The summed E-state index contributed by atoms with van der Waals surface area (Å²) in [4.78, 5) is 19.7. The Morgan fingerprint density at radius 2 is 2.11 bits per heavy atom. The van der Waals surface area contributed by atoms with Crippen LogP contribution in [0.25, 0.3) is 0 Å². The molecule has 0 fully saturated rings. The van der Waals surface area contributed by atoms with Crippen molar-refractivity contribution in [1.82, 2.24) is 15.3 Å². The third-order valence-electron chi connectivity index (χ3n) is 3.61. The Morgan fingerprint density at radius 3 is 2.53 bits per heavy atom. The van der Waals surface area contributed by atoms with E-state index in [4.69, 9.17) is 5.73 Å². The van der Waals surface area contributed by atoms with E-state index in [1.807, 2.05) is 6.92 Å². The average molecular weight is 266 g/mol. The van der Waals surface area contributed by atoms with Crippen molar-refractivity contribution < 1.29 is 4.79 Å². The van der Waals surface area contributed by atoms with E-state index in [0.29, 0.717) is 6.54 Å². The van der Waals surface area contributed by atoms with Gasteiger partial charge in [-0.1, -0.05) is 26.7 Å². The van der Waals surface area contributed by atoms with Gasteiger partial charge in [0.05, 0.1) is 11.5 Å². The molecule has 0 saturated heterocycles. The van der Waals surface area contributed by atoms with E-state index in [0.717, 1.165) is 31.5 Å². The van der Waals surface area contributed by atoms with Crippen LogP contribution in [0.15, 0.2) is 12.4 Å². The van der Waals surface area contributed by atoms with Gasteiger partial charge in [-0.25, -0.2) is 4.98 Å². The number of H-pyrrole nitrogens is 1. The van der Waals surface area contributed by atoms with Gasteiger partial charge in [0.15, 0.2) is 0 Å². The fourth-order valence-corrected chi connectivity index (χ4v) is 2.54. The second kappa shape index (κ2) is 7.28. The van der Waals surface area contributed by atoms with Gasteiger partial charge in [0.25, 0.3) is 0 Å². The summed E-state index contributed by atoms with van der Waals surface area (Å²) >= 11 is 0. The van der Waals surface area contributed by atoms with E-state index in [-0.39, 0.29) is 11.9 Å². The molecule has 1 atom stereocenters. The summed E-state index contributed by atoms with van der Waals surface area (Å²) in [6.45, 7) is 6.49. The summed E-state index contributed by atoms with van der Waals surface area (Å²) in [5, 5.41) is 3.03. The van der Waals surface area contributed by atoms with E-state index in [1.54, 1.807) is 12.4 Å². The van der Waals surface area contributed by atoms with Crippen LogP contribution in [-0.4, -0.2) is 22.4 Å². The molecule has 0 saturated carbocycles. The Bertz CT molecular complexity index is 369. The summed E-state index contributed by atoms with van der Waals surface area (Å²) < 4.78 is 0. The summed E-state index contributed by atoms with van der Waals surface area (Å²) in [5.74, 6) is 0.815. The molecule has 4 N–H and O–H groups in total. The molecule has 0 bridgehead atoms. The molecule has 0 radical (unpaired) electrons. The van der Waals surface area contributed by atoms with E-state index >= 15 is 0 Å². The van der Waals surface area contributed by atoms with E-state index in [9.17, 15) is 4.79 Å². The minimum absolute atomic E-state index is 0.0441. The molecule has 5 nitrogen and oxygen atoms in total. The molecule has 1 amide bonds. The number of nitrogens with two attached hydrogens (primary N) is 1. The zero-order chi connectivity index (χ0) is 14.3. The van der Waals surface area contributed by atoms with Crippen LogP contribution in [-0.2, 0) is 4.79 Å². The molecule has 0 aliphatic rings. The number of hydrogen-bond acceptors (Lipinski definition) is 3. The van der Waals surface area contributed by atoms with E-state index in [2.05, 4.69) is 29.1 Å². The van der Waals surface area contributed by atoms with Crippen LogP contribution >= 0.6 is 0 Å². The smallest absolute Gasteiger partial charge is 0.228 e. The van der Waals surface area contributed by atoms with Crippen molar-refractivity contribution in [1.29, 1.82) is 0 Å². The van der Waals surface area contributed by atoms with Gasteiger partial charge < -0.3 is 16.0 Å². The fourth-order valence-electron chi connectivity index (χ4n) is 2.54. The highest BCUT2D eigenvalue weighted by Crippen LogP contribution is 2.29. The van der Waals surface area contributed by atoms with Crippen LogP contribution in [0, 0.1) is 5.41 Å². The minimum Gasteiger partial charge on any atom is -0.347 e. The maximum Gasteiger partial charge on any atom is 0.228 e. The third-order valence-corrected chi connectivity index (χ3v) is 3.61. The van der Waals surface area contributed by atoms with Gasteiger partial charge in [-0.2, -0.15) is 0 Å². The molecule has 5 heteroatoms. The van der Waals surface area contributed by atoms with Crippen molar-refractivity contribution in [3.63, 3.8) is 0 Å². The van der Waals surface area contributed by atoms with Crippen LogP contribution in [0.4, 0.5) is 0 Å². The summed E-state index contributed by atoms with van der Waals surface area (Å²) in [5.41, 5.74) is 5.45. The van der Waals surface area contributed by atoms with E-state index < -0.39 is 5.41 Å². The second-order valence-corrected chi connectivity index (χ2v) is 5.15. The van der Waals surface area contributed by atoms with Crippen molar-refractivity contribution in [2.75, 3.05) is 6.54 Å². The van der Waals surface area contributed by atoms with Gasteiger partial charge in [-0.05, 0) is 19.8 Å². The first-order chi connectivity index (χ1) is 9.09. The van der Waals surface area contributed by atoms with Gasteiger partial charge in [-0.3, -0.25) is 4.79 Å². The number of aromatic nitrogens is 2. The topological polar surface area (TPSA) is 83.8 Å². The zero-order valence-electron chi connectivity index (χ0n) is 12.2. The number of imidazole rings is 1. The molecule has 0 spiro atoms. The van der Waals surface area contributed by atoms with Crippen LogP contribution in [0.5, 0.6) is 0 Å². The molecule has 108 valence electrons. The molecular weight excluding hydrogens is 240 g/mol. The van der Waals surface area contributed by atoms with Crippen LogP contribution in [0.1, 0.15) is 58.3 Å². The van der Waals surface area contributed by atoms with Crippen LogP contribution in [0.2, 0.25) is 0 Å². The summed E-state index contributed by atoms with van der Waals surface area (Å²) in [6.07, 6.45) is 7.01. The highest BCUT2D eigenvalue weighted by Gasteiger charge is 2.36. The Hall–Kier alpha value is -1.36. The average Bonchev–Trinajstić information content (AvgIpc) is 2.92. The van der Waals surface area contributed by atoms with Gasteiger partial charge in [0.1, 0.15) is 5.82 Å². The number of carbonyl (C=O) groups excluding carboxylic acids is 1. The Morgan fingerprint density at radius 1 is 1.47 bits per heavy atom. The first-order valence-corrected chi connectivity index (χ1v) is 7.10. The van der Waals surface area contributed by atoms with Crippen LogP contribution in [0.3, 0.4) is 0 Å². The molecule has 1 rings (SSSR count). The van der Waals surface area contributed by atoms with Crippen molar-refractivity contribution in [3.8, 4) is 0 Å². The molecule has 1 aromatic heterocycles. The number of amides is 1. The monoisotopic (exact) mass is 266 g/mol. The van der Waals surface area contributed by atoms with E-state index in [1.165, 1.54) is 0 Å². The highest BCUT2D eigenvalue weighted by atomic mass is 16.2. The first-order valence-electron chi connectivity index (χ1n) is 7.10. The lowest BCUT2D eigenvalue weighted by atomic mass is 9.78. The lowest BCUT2D eigenvalue weighted by molar-refractivity contribution is -0.132. The summed E-state index contributed by atoms with van der Waals surface area (Å²) in [7, 11) is 0. The summed E-state index contributed by atoms with van der Waals surface area (Å²) in [6, 6.07) is -0.123. The number of hydrogen-bond donors (Lipinski definition) is 3. The van der Waals surface area contributed by atoms with Gasteiger partial charge in [-0.15, -0.1) is 0 Å². The molecular formula is C14H26N4O. The van der Waals surface area contributed by atoms with Gasteiger partial charge >= 0.3 is 0 Å². The maximum atomic E-state index is 12.5. The Kier molecular flexibility index (Phi) is 6.02. The molecule has 0 aliphatic heterocycles. The minimum atomic E-state index is -0.440. The molecule has 19 heavy (non-hydrogen) atoms. The van der Waals surface area contributed by atoms with Gasteiger partial charge in [0, 0.05) is 18.9 Å². The number of nitrogens with one attached hydrogen (secondary N) is 2. The predicted molar refractivity (Wildman–Crippen MR) is 76.4 cm³/mol. The maximum absolute atomic E-state index is 12.5. The van der Waals surface area contributed by atoms with Crippen molar-refractivity contribution >= 4 is 5.91 Å². The second-order valence-electron chi connectivity index (χ2n) is 5.15. The van der Waals surface area contributed by atoms with Crippen molar-refractivity contribution in [2.24, 2.45) is 11.1 Å². The first kappa shape index (κ1) is 15.7. The SMILES string of the molecule is CCCC(CN)(CCC)C(=O)NC(C)c1ncc[nH]1. The molecule has 1 aromatic rings. The number of rotatable bonds is 8.